The molecule has 1 amide bonds. The van der Waals surface area contributed by atoms with Gasteiger partial charge in [0.1, 0.15) is 23.9 Å². The molecule has 7 heteroatoms. The predicted molar refractivity (Wildman–Crippen MR) is 126 cm³/mol. The Morgan fingerprint density at radius 2 is 1.62 bits per heavy atom. The van der Waals surface area contributed by atoms with Crippen LogP contribution in [0.3, 0.4) is 0 Å². The molecule has 0 unspecified atom stereocenters. The summed E-state index contributed by atoms with van der Waals surface area (Å²) >= 11 is 1.33. The van der Waals surface area contributed by atoms with E-state index in [0.29, 0.717) is 22.4 Å². The quantitative estimate of drug-likeness (QED) is 0.458. The lowest BCUT2D eigenvalue weighted by Crippen LogP contribution is -2.23. The number of carbonyl (C=O) groups is 1. The number of amidine groups is 1. The molecule has 1 heterocycles. The van der Waals surface area contributed by atoms with Crippen molar-refractivity contribution in [2.45, 2.75) is 6.61 Å². The second kappa shape index (κ2) is 9.70. The van der Waals surface area contributed by atoms with E-state index in [2.05, 4.69) is 4.99 Å². The highest BCUT2D eigenvalue weighted by molar-refractivity contribution is 8.18. The van der Waals surface area contributed by atoms with Crippen LogP contribution in [0.25, 0.3) is 6.08 Å². The number of ether oxygens (including phenoxy) is 2. The number of amides is 1. The zero-order valence-corrected chi connectivity index (χ0v) is 18.4. The van der Waals surface area contributed by atoms with E-state index in [0.717, 1.165) is 22.6 Å². The second-order valence-corrected chi connectivity index (χ2v) is 8.06. The van der Waals surface area contributed by atoms with Gasteiger partial charge in [-0.2, -0.15) is 0 Å². The van der Waals surface area contributed by atoms with Crippen LogP contribution in [-0.4, -0.2) is 30.1 Å². The summed E-state index contributed by atoms with van der Waals surface area (Å²) in [5, 5.41) is 0.616. The van der Waals surface area contributed by atoms with Gasteiger partial charge in [0.25, 0.3) is 5.91 Å². The summed E-state index contributed by atoms with van der Waals surface area (Å²) in [4.78, 5) is 19.4. The molecule has 0 spiro atoms. The maximum Gasteiger partial charge on any atom is 0.266 e. The highest BCUT2D eigenvalue weighted by atomic mass is 32.2. The van der Waals surface area contributed by atoms with Crippen LogP contribution in [0.15, 0.2) is 82.7 Å². The summed E-state index contributed by atoms with van der Waals surface area (Å²) in [7, 11) is 3.33. The number of nitrogens with zero attached hydrogens (tertiary/aromatic N) is 2. The number of methoxy groups -OCH3 is 1. The third-order valence-electron chi connectivity index (χ3n) is 4.80. The van der Waals surface area contributed by atoms with Gasteiger partial charge >= 0.3 is 0 Å². The molecule has 0 N–H and O–H groups in total. The first-order valence-electron chi connectivity index (χ1n) is 9.89. The molecule has 32 heavy (non-hydrogen) atoms. The lowest BCUT2D eigenvalue weighted by molar-refractivity contribution is -0.121. The fourth-order valence-corrected chi connectivity index (χ4v) is 3.96. The van der Waals surface area contributed by atoms with Crippen molar-refractivity contribution < 1.29 is 18.7 Å². The van der Waals surface area contributed by atoms with Gasteiger partial charge in [0.2, 0.25) is 0 Å². The molecule has 1 saturated heterocycles. The van der Waals surface area contributed by atoms with Crippen LogP contribution in [0.2, 0.25) is 0 Å². The van der Waals surface area contributed by atoms with Crippen molar-refractivity contribution in [3.63, 3.8) is 0 Å². The highest BCUT2D eigenvalue weighted by Crippen LogP contribution is 2.33. The van der Waals surface area contributed by atoms with E-state index < -0.39 is 0 Å². The van der Waals surface area contributed by atoms with E-state index in [9.17, 15) is 9.18 Å². The first kappa shape index (κ1) is 21.6. The van der Waals surface area contributed by atoms with Crippen LogP contribution in [-0.2, 0) is 11.4 Å². The number of hydrogen-bond acceptors (Lipinski definition) is 5. The molecule has 162 valence electrons. The van der Waals surface area contributed by atoms with Crippen molar-refractivity contribution in [3.05, 3.63) is 94.6 Å². The number of likely N-dealkylation sites (N-methyl/N-ethyl adjacent to an activating group) is 1. The molecule has 4 rings (SSSR count). The average Bonchev–Trinajstić information content (AvgIpc) is 3.08. The number of carbonyl (C=O) groups excluding carboxylic acids is 1. The lowest BCUT2D eigenvalue weighted by atomic mass is 10.2. The Balaban J connectivity index is 1.43. The number of hydrogen-bond donors (Lipinski definition) is 0. The largest absolute Gasteiger partial charge is 0.497 e. The third kappa shape index (κ3) is 5.18. The van der Waals surface area contributed by atoms with Crippen molar-refractivity contribution in [3.8, 4) is 11.5 Å². The van der Waals surface area contributed by atoms with Gasteiger partial charge in [-0.05, 0) is 77.5 Å². The van der Waals surface area contributed by atoms with E-state index in [1.807, 2.05) is 54.6 Å². The molecule has 3 aromatic carbocycles. The Morgan fingerprint density at radius 3 is 2.28 bits per heavy atom. The number of aliphatic imine (C=N–C) groups is 1. The predicted octanol–water partition coefficient (Wildman–Crippen LogP) is 5.65. The van der Waals surface area contributed by atoms with E-state index in [4.69, 9.17) is 9.47 Å². The molecule has 0 bridgehead atoms. The standard InChI is InChI=1S/C25H21FN2O3S/c1-28-24(29)23(32-25(28)27-20-9-13-21(30-2)14-10-20)15-17-5-11-22(12-6-17)31-16-18-3-7-19(26)8-4-18/h3-15H,16H2,1-2H3/b23-15+,27-25?. The van der Waals surface area contributed by atoms with Crippen LogP contribution in [0.5, 0.6) is 11.5 Å². The maximum absolute atomic E-state index is 13.0. The van der Waals surface area contributed by atoms with Gasteiger partial charge in [0.05, 0.1) is 17.7 Å². The van der Waals surface area contributed by atoms with Crippen molar-refractivity contribution in [2.24, 2.45) is 4.99 Å². The van der Waals surface area contributed by atoms with Gasteiger partial charge in [0, 0.05) is 7.05 Å². The van der Waals surface area contributed by atoms with Crippen molar-refractivity contribution in [1.29, 1.82) is 0 Å². The Bertz CT molecular complexity index is 1160. The minimum atomic E-state index is -0.270. The fraction of sp³-hybridized carbons (Fsp3) is 0.120. The van der Waals surface area contributed by atoms with Crippen LogP contribution in [0, 0.1) is 5.82 Å². The molecule has 3 aromatic rings. The summed E-state index contributed by atoms with van der Waals surface area (Å²) in [5.41, 5.74) is 2.52. The summed E-state index contributed by atoms with van der Waals surface area (Å²) in [5.74, 6) is 1.08. The number of halogens is 1. The Kier molecular flexibility index (Phi) is 6.56. The third-order valence-corrected chi connectivity index (χ3v) is 5.86. The molecular weight excluding hydrogens is 427 g/mol. The van der Waals surface area contributed by atoms with Crippen LogP contribution >= 0.6 is 11.8 Å². The Morgan fingerprint density at radius 1 is 0.969 bits per heavy atom. The van der Waals surface area contributed by atoms with Crippen LogP contribution < -0.4 is 9.47 Å². The van der Waals surface area contributed by atoms with E-state index in [-0.39, 0.29) is 11.7 Å². The van der Waals surface area contributed by atoms with Gasteiger partial charge in [0.15, 0.2) is 5.17 Å². The fourth-order valence-electron chi connectivity index (χ4n) is 2.98. The van der Waals surface area contributed by atoms with Gasteiger partial charge in [-0.25, -0.2) is 9.38 Å². The first-order valence-corrected chi connectivity index (χ1v) is 10.7. The zero-order chi connectivity index (χ0) is 22.5. The van der Waals surface area contributed by atoms with E-state index in [1.54, 1.807) is 31.2 Å². The number of thioether (sulfide) groups is 1. The van der Waals surface area contributed by atoms with Crippen LogP contribution in [0.4, 0.5) is 10.1 Å². The zero-order valence-electron chi connectivity index (χ0n) is 17.6. The summed E-state index contributed by atoms with van der Waals surface area (Å²) < 4.78 is 23.9. The Hall–Kier alpha value is -3.58. The minimum absolute atomic E-state index is 0.0982. The summed E-state index contributed by atoms with van der Waals surface area (Å²) in [6.45, 7) is 0.352. The minimum Gasteiger partial charge on any atom is -0.497 e. The van der Waals surface area contributed by atoms with Gasteiger partial charge in [-0.15, -0.1) is 0 Å². The van der Waals surface area contributed by atoms with Crippen LogP contribution in [0.1, 0.15) is 11.1 Å². The SMILES string of the molecule is COc1ccc(N=C2S/C(=C/c3ccc(OCc4ccc(F)cc4)cc3)C(=O)N2C)cc1. The molecule has 1 aliphatic rings. The molecular formula is C25H21FN2O3S. The molecule has 0 aromatic heterocycles. The maximum atomic E-state index is 13.0. The molecule has 0 atom stereocenters. The van der Waals surface area contributed by atoms with Gasteiger partial charge < -0.3 is 9.47 Å². The van der Waals surface area contributed by atoms with Crippen molar-refractivity contribution in [1.82, 2.24) is 4.90 Å². The topological polar surface area (TPSA) is 51.1 Å². The lowest BCUT2D eigenvalue weighted by Gasteiger charge is -2.07. The highest BCUT2D eigenvalue weighted by Gasteiger charge is 2.30. The van der Waals surface area contributed by atoms with E-state index in [1.165, 1.54) is 23.9 Å². The molecule has 0 radical (unpaired) electrons. The van der Waals surface area contributed by atoms with Gasteiger partial charge in [-0.1, -0.05) is 24.3 Å². The first-order chi connectivity index (χ1) is 15.5. The summed E-state index contributed by atoms with van der Waals surface area (Å²) in [6.07, 6.45) is 1.84. The molecule has 5 nitrogen and oxygen atoms in total. The van der Waals surface area contributed by atoms with Gasteiger partial charge in [-0.3, -0.25) is 9.69 Å². The molecule has 1 fully saturated rings. The molecule has 0 aliphatic carbocycles. The molecule has 1 aliphatic heterocycles. The van der Waals surface area contributed by atoms with Crippen molar-refractivity contribution >= 4 is 34.6 Å². The van der Waals surface area contributed by atoms with Crippen molar-refractivity contribution in [2.75, 3.05) is 14.2 Å². The molecule has 0 saturated carbocycles. The Labute approximate surface area is 190 Å². The van der Waals surface area contributed by atoms with E-state index >= 15 is 0 Å². The number of rotatable bonds is 6. The summed E-state index contributed by atoms with van der Waals surface area (Å²) in [6, 6.07) is 21.0. The monoisotopic (exact) mass is 448 g/mol. The average molecular weight is 449 g/mol. The second-order valence-electron chi connectivity index (χ2n) is 7.05. The number of benzene rings is 3. The normalized spacial score (nSPS) is 16.1. The smallest absolute Gasteiger partial charge is 0.266 e.